The summed E-state index contributed by atoms with van der Waals surface area (Å²) in [5.74, 6) is 1.45. The Bertz CT molecular complexity index is 1030. The van der Waals surface area contributed by atoms with Crippen molar-refractivity contribution < 1.29 is 14.3 Å². The van der Waals surface area contributed by atoms with Crippen LogP contribution in [0.4, 0.5) is 17.1 Å². The smallest absolute Gasteiger partial charge is 0.333 e. The maximum atomic E-state index is 11.7. The van der Waals surface area contributed by atoms with Crippen molar-refractivity contribution in [1.29, 1.82) is 0 Å². The van der Waals surface area contributed by atoms with E-state index in [1.165, 1.54) is 67.1 Å². The average Bonchev–Trinajstić information content (AvgIpc) is 3.07. The van der Waals surface area contributed by atoms with Crippen LogP contribution in [0.5, 0.6) is 5.75 Å². The van der Waals surface area contributed by atoms with Crippen molar-refractivity contribution in [2.45, 2.75) is 69.1 Å². The fourth-order valence-electron chi connectivity index (χ4n) is 4.73. The Morgan fingerprint density at radius 3 is 2.43 bits per heavy atom. The first-order valence-corrected chi connectivity index (χ1v) is 15.6. The summed E-state index contributed by atoms with van der Waals surface area (Å²) >= 11 is 3.60. The molecule has 0 spiro atoms. The number of ether oxygens (including phenoxy) is 2. The Morgan fingerprint density at radius 2 is 1.84 bits per heavy atom. The largest absolute Gasteiger partial charge is 0.464 e. The predicted octanol–water partition coefficient (Wildman–Crippen LogP) is 8.52. The molecular weight excluding hydrogens is 500 g/mol. The second-order valence-corrected chi connectivity index (χ2v) is 11.4. The summed E-state index contributed by atoms with van der Waals surface area (Å²) in [7, 11) is 1.95. The number of fused-ring (bicyclic) bond motifs is 1. The van der Waals surface area contributed by atoms with E-state index in [0.717, 1.165) is 28.6 Å². The Kier molecular flexibility index (Phi) is 11.6. The molecule has 3 rings (SSSR count). The van der Waals surface area contributed by atoms with Crippen LogP contribution in [0.15, 0.2) is 58.5 Å². The minimum atomic E-state index is -0.398. The highest BCUT2D eigenvalue weighted by molar-refractivity contribution is 7.99. The molecule has 2 aromatic rings. The molecule has 0 fully saturated rings. The number of carbonyl (C=O) groups is 1. The minimum Gasteiger partial charge on any atom is -0.464 e. The van der Waals surface area contributed by atoms with E-state index in [9.17, 15) is 4.79 Å². The van der Waals surface area contributed by atoms with Gasteiger partial charge in [0, 0.05) is 35.6 Å². The number of carbonyl (C=O) groups excluding carboxylic acids is 1. The second kappa shape index (κ2) is 14.6. The van der Waals surface area contributed by atoms with Gasteiger partial charge in [0.25, 0.3) is 0 Å². The van der Waals surface area contributed by atoms with E-state index in [-0.39, 0.29) is 5.41 Å². The van der Waals surface area contributed by atoms with Crippen molar-refractivity contribution in [2.75, 3.05) is 42.4 Å². The first kappa shape index (κ1) is 29.3. The summed E-state index contributed by atoms with van der Waals surface area (Å²) in [6.07, 6.45) is 12.2. The zero-order chi connectivity index (χ0) is 26.7. The summed E-state index contributed by atoms with van der Waals surface area (Å²) in [5.41, 5.74) is 3.78. The lowest BCUT2D eigenvalue weighted by Crippen LogP contribution is -2.36. The fourth-order valence-corrected chi connectivity index (χ4v) is 6.62. The van der Waals surface area contributed by atoms with Crippen LogP contribution in [0.25, 0.3) is 0 Å². The molecule has 0 saturated carbocycles. The second-order valence-electron chi connectivity index (χ2n) is 9.52. The van der Waals surface area contributed by atoms with Crippen LogP contribution < -0.4 is 15.0 Å². The van der Waals surface area contributed by atoms with Crippen molar-refractivity contribution in [3.8, 4) is 5.75 Å². The number of benzene rings is 2. The molecule has 2 aromatic carbocycles. The van der Waals surface area contributed by atoms with Crippen molar-refractivity contribution in [3.05, 3.63) is 48.7 Å². The SMILES string of the molecule is CCCCC1(CCCC)CSc2cc(O/C=C/C(=O)OCC)c(SC)cc2N(c2ccc(NC)cc2)C1. The number of rotatable bonds is 13. The summed E-state index contributed by atoms with van der Waals surface area (Å²) in [5, 5.41) is 3.24. The molecule has 1 aliphatic rings. The number of hydrogen-bond acceptors (Lipinski definition) is 7. The Hall–Kier alpha value is -2.25. The van der Waals surface area contributed by atoms with E-state index in [0.29, 0.717) is 6.61 Å². The molecule has 0 aromatic heterocycles. The van der Waals surface area contributed by atoms with Crippen molar-refractivity contribution >= 4 is 46.6 Å². The van der Waals surface area contributed by atoms with Crippen molar-refractivity contribution in [1.82, 2.24) is 0 Å². The van der Waals surface area contributed by atoms with Gasteiger partial charge in [-0.05, 0) is 67.8 Å². The molecule has 0 radical (unpaired) electrons. The van der Waals surface area contributed by atoms with E-state index in [4.69, 9.17) is 9.47 Å². The lowest BCUT2D eigenvalue weighted by Gasteiger charge is -2.38. The van der Waals surface area contributed by atoms with Crippen LogP contribution in [0.3, 0.4) is 0 Å². The molecule has 5 nitrogen and oxygen atoms in total. The average molecular weight is 543 g/mol. The summed E-state index contributed by atoms with van der Waals surface area (Å²) in [6.45, 7) is 7.72. The normalized spacial score (nSPS) is 14.8. The highest BCUT2D eigenvalue weighted by Crippen LogP contribution is 2.50. The molecule has 0 bridgehead atoms. The molecule has 0 atom stereocenters. The topological polar surface area (TPSA) is 50.8 Å². The van der Waals surface area contributed by atoms with Crippen LogP contribution in [-0.4, -0.2) is 38.2 Å². The van der Waals surface area contributed by atoms with Gasteiger partial charge in [-0.15, -0.1) is 23.5 Å². The number of anilines is 3. The Balaban J connectivity index is 2.05. The monoisotopic (exact) mass is 542 g/mol. The number of hydrogen-bond donors (Lipinski definition) is 1. The Morgan fingerprint density at radius 1 is 1.14 bits per heavy atom. The molecule has 37 heavy (non-hydrogen) atoms. The minimum absolute atomic E-state index is 0.238. The molecule has 1 heterocycles. The van der Waals surface area contributed by atoms with Crippen LogP contribution in [0.1, 0.15) is 59.3 Å². The number of thioether (sulfide) groups is 2. The summed E-state index contributed by atoms with van der Waals surface area (Å²) < 4.78 is 10.9. The lowest BCUT2D eigenvalue weighted by atomic mass is 9.79. The van der Waals surface area contributed by atoms with Gasteiger partial charge in [0.15, 0.2) is 0 Å². The molecule has 0 aliphatic carbocycles. The number of esters is 1. The zero-order valence-electron chi connectivity index (χ0n) is 23.0. The highest BCUT2D eigenvalue weighted by atomic mass is 32.2. The van der Waals surface area contributed by atoms with Crippen LogP contribution >= 0.6 is 23.5 Å². The molecular formula is C30H42N2O3S2. The van der Waals surface area contributed by atoms with E-state index >= 15 is 0 Å². The van der Waals surface area contributed by atoms with Crippen molar-refractivity contribution in [3.63, 3.8) is 0 Å². The highest BCUT2D eigenvalue weighted by Gasteiger charge is 2.36. The van der Waals surface area contributed by atoms with Gasteiger partial charge in [0.1, 0.15) is 5.75 Å². The quantitative estimate of drug-likeness (QED) is 0.118. The molecule has 0 unspecified atom stereocenters. The van der Waals surface area contributed by atoms with E-state index in [2.05, 4.69) is 66.7 Å². The molecule has 202 valence electrons. The third-order valence-corrected chi connectivity index (χ3v) is 8.99. The van der Waals surface area contributed by atoms with Gasteiger partial charge in [0.05, 0.1) is 29.5 Å². The number of nitrogens with one attached hydrogen (secondary N) is 1. The molecule has 0 amide bonds. The van der Waals surface area contributed by atoms with Crippen molar-refractivity contribution in [2.24, 2.45) is 5.41 Å². The maximum Gasteiger partial charge on any atom is 0.333 e. The van der Waals surface area contributed by atoms with Crippen LogP contribution in [0.2, 0.25) is 0 Å². The van der Waals surface area contributed by atoms with Gasteiger partial charge >= 0.3 is 5.97 Å². The summed E-state index contributed by atoms with van der Waals surface area (Å²) in [4.78, 5) is 16.5. The fraction of sp³-hybridized carbons (Fsp3) is 0.500. The first-order chi connectivity index (χ1) is 18.0. The predicted molar refractivity (Wildman–Crippen MR) is 160 cm³/mol. The van der Waals surface area contributed by atoms with Gasteiger partial charge in [-0.1, -0.05) is 39.5 Å². The zero-order valence-corrected chi connectivity index (χ0v) is 24.6. The van der Waals surface area contributed by atoms with Gasteiger partial charge in [-0.2, -0.15) is 0 Å². The molecule has 1 N–H and O–H groups in total. The van der Waals surface area contributed by atoms with Gasteiger partial charge in [0.2, 0.25) is 0 Å². The molecule has 7 heteroatoms. The van der Waals surface area contributed by atoms with E-state index in [1.54, 1.807) is 18.7 Å². The molecule has 1 aliphatic heterocycles. The summed E-state index contributed by atoms with van der Waals surface area (Å²) in [6, 6.07) is 13.1. The standard InChI is InChI=1S/C30H42N2O3S2/c1-6-9-16-30(17-10-7-2)21-32(24-13-11-23(31-4)12-14-24)25-19-28(36-5)26(20-27(25)37-22-30)35-18-15-29(33)34-8-3/h11-15,18-20,31H,6-10,16-17,21-22H2,1-5H3/b18-15+. The van der Waals surface area contributed by atoms with Gasteiger partial charge < -0.3 is 19.7 Å². The van der Waals surface area contributed by atoms with Gasteiger partial charge in [-0.3, -0.25) is 0 Å². The maximum absolute atomic E-state index is 11.7. The molecule has 0 saturated heterocycles. The third-order valence-electron chi connectivity index (χ3n) is 6.84. The number of nitrogens with zero attached hydrogens (tertiary/aromatic N) is 1. The van der Waals surface area contributed by atoms with E-state index < -0.39 is 5.97 Å². The Labute approximate surface area is 231 Å². The first-order valence-electron chi connectivity index (χ1n) is 13.4. The van der Waals surface area contributed by atoms with Gasteiger partial charge in [-0.25, -0.2) is 4.79 Å². The van der Waals surface area contributed by atoms with Crippen LogP contribution in [-0.2, 0) is 9.53 Å². The van der Waals surface area contributed by atoms with Crippen LogP contribution in [0, 0.1) is 5.41 Å². The lowest BCUT2D eigenvalue weighted by molar-refractivity contribution is -0.137. The third kappa shape index (κ3) is 7.87. The number of unbranched alkanes of at least 4 members (excludes halogenated alkanes) is 2. The van der Waals surface area contributed by atoms with E-state index in [1.807, 2.05) is 18.8 Å².